The maximum atomic E-state index is 13.4. The standard InChI is InChI=1S/C30H25N3O3/c34-29(31-27(30(35)36)17-21-9-3-1-4-10-21)28-19-26(32-33(28)20-22-11-5-2-6-12-22)25-16-15-23-13-7-8-14-24(23)18-25/h1-16,18-19,27H,17,20H2,(H,31,34)(H,35,36)/t27-/m0/s1. The summed E-state index contributed by atoms with van der Waals surface area (Å²) < 4.78 is 1.64. The van der Waals surface area contributed by atoms with Crippen molar-refractivity contribution < 1.29 is 14.7 Å². The highest BCUT2D eigenvalue weighted by Gasteiger charge is 2.24. The van der Waals surface area contributed by atoms with Gasteiger partial charge >= 0.3 is 5.97 Å². The number of hydrogen-bond acceptors (Lipinski definition) is 3. The lowest BCUT2D eigenvalue weighted by atomic mass is 10.0. The van der Waals surface area contributed by atoms with Crippen molar-refractivity contribution in [3.05, 3.63) is 126 Å². The molecule has 5 rings (SSSR count). The Hall–Kier alpha value is -4.71. The summed E-state index contributed by atoms with van der Waals surface area (Å²) in [6.07, 6.45) is 0.187. The highest BCUT2D eigenvalue weighted by Crippen LogP contribution is 2.25. The Balaban J connectivity index is 1.48. The summed E-state index contributed by atoms with van der Waals surface area (Å²) >= 11 is 0. The van der Waals surface area contributed by atoms with Crippen LogP contribution in [0.4, 0.5) is 0 Å². The number of aromatic nitrogens is 2. The summed E-state index contributed by atoms with van der Waals surface area (Å²) in [5.41, 5.74) is 3.66. The van der Waals surface area contributed by atoms with Gasteiger partial charge in [-0.05, 0) is 34.0 Å². The molecule has 5 aromatic rings. The first-order chi connectivity index (χ1) is 17.6. The van der Waals surface area contributed by atoms with Gasteiger partial charge in [-0.25, -0.2) is 4.79 Å². The van der Waals surface area contributed by atoms with E-state index in [4.69, 9.17) is 5.10 Å². The van der Waals surface area contributed by atoms with Crippen LogP contribution in [0.3, 0.4) is 0 Å². The third-order valence-corrected chi connectivity index (χ3v) is 6.12. The van der Waals surface area contributed by atoms with Gasteiger partial charge in [-0.15, -0.1) is 0 Å². The molecule has 2 N–H and O–H groups in total. The molecular weight excluding hydrogens is 450 g/mol. The fourth-order valence-electron chi connectivity index (χ4n) is 4.25. The Morgan fingerprint density at radius 1 is 0.778 bits per heavy atom. The monoisotopic (exact) mass is 475 g/mol. The lowest BCUT2D eigenvalue weighted by Crippen LogP contribution is -2.43. The molecule has 0 radical (unpaired) electrons. The number of carboxylic acid groups (broad SMARTS) is 1. The Morgan fingerprint density at radius 2 is 1.42 bits per heavy atom. The number of carbonyl (C=O) groups excluding carboxylic acids is 1. The Labute approximate surface area is 208 Å². The molecule has 1 heterocycles. The first-order valence-corrected chi connectivity index (χ1v) is 11.8. The van der Waals surface area contributed by atoms with Crippen molar-refractivity contribution in [1.29, 1.82) is 0 Å². The first kappa shape index (κ1) is 23.1. The highest BCUT2D eigenvalue weighted by molar-refractivity contribution is 5.96. The summed E-state index contributed by atoms with van der Waals surface area (Å²) in [5.74, 6) is -1.56. The second-order valence-electron chi connectivity index (χ2n) is 8.67. The van der Waals surface area contributed by atoms with Crippen molar-refractivity contribution >= 4 is 22.6 Å². The smallest absolute Gasteiger partial charge is 0.326 e. The molecule has 0 aliphatic rings. The topological polar surface area (TPSA) is 84.2 Å². The molecule has 1 amide bonds. The van der Waals surface area contributed by atoms with Crippen LogP contribution >= 0.6 is 0 Å². The zero-order valence-electron chi connectivity index (χ0n) is 19.5. The first-order valence-electron chi connectivity index (χ1n) is 11.8. The average Bonchev–Trinajstić information content (AvgIpc) is 3.33. The fourth-order valence-corrected chi connectivity index (χ4v) is 4.25. The summed E-state index contributed by atoms with van der Waals surface area (Å²) in [4.78, 5) is 25.3. The normalized spacial score (nSPS) is 11.8. The van der Waals surface area contributed by atoms with Crippen LogP contribution in [0.25, 0.3) is 22.0 Å². The van der Waals surface area contributed by atoms with Crippen LogP contribution in [0.2, 0.25) is 0 Å². The molecule has 178 valence electrons. The number of hydrogen-bond donors (Lipinski definition) is 2. The minimum atomic E-state index is -1.09. The van der Waals surface area contributed by atoms with E-state index in [1.165, 1.54) is 0 Å². The van der Waals surface area contributed by atoms with Crippen LogP contribution in [0, 0.1) is 0 Å². The average molecular weight is 476 g/mol. The van der Waals surface area contributed by atoms with E-state index in [2.05, 4.69) is 5.32 Å². The molecule has 0 aliphatic carbocycles. The zero-order valence-corrected chi connectivity index (χ0v) is 19.5. The number of benzene rings is 4. The molecule has 0 saturated carbocycles. The number of nitrogens with zero attached hydrogens (tertiary/aromatic N) is 2. The van der Waals surface area contributed by atoms with Gasteiger partial charge in [0.2, 0.25) is 0 Å². The summed E-state index contributed by atoms with van der Waals surface area (Å²) in [5, 5.41) is 19.4. The summed E-state index contributed by atoms with van der Waals surface area (Å²) in [6, 6.07) is 33.8. The minimum absolute atomic E-state index is 0.187. The van der Waals surface area contributed by atoms with Crippen LogP contribution in [0.15, 0.2) is 109 Å². The van der Waals surface area contributed by atoms with Gasteiger partial charge in [0, 0.05) is 12.0 Å². The molecule has 1 aromatic heterocycles. The third kappa shape index (κ3) is 5.18. The van der Waals surface area contributed by atoms with E-state index in [0.717, 1.165) is 27.5 Å². The molecule has 0 saturated heterocycles. The van der Waals surface area contributed by atoms with Gasteiger partial charge in [-0.2, -0.15) is 5.10 Å². The van der Waals surface area contributed by atoms with E-state index in [9.17, 15) is 14.7 Å². The number of carboxylic acids is 1. The maximum absolute atomic E-state index is 13.4. The third-order valence-electron chi connectivity index (χ3n) is 6.12. The SMILES string of the molecule is O=C(N[C@@H](Cc1ccccc1)C(=O)O)c1cc(-c2ccc3ccccc3c2)nn1Cc1ccccc1. The van der Waals surface area contributed by atoms with Gasteiger partial charge < -0.3 is 10.4 Å². The van der Waals surface area contributed by atoms with Gasteiger partial charge in [-0.1, -0.05) is 97.1 Å². The molecule has 0 spiro atoms. The number of rotatable bonds is 8. The van der Waals surface area contributed by atoms with Crippen molar-refractivity contribution in [2.24, 2.45) is 0 Å². The van der Waals surface area contributed by atoms with Gasteiger partial charge in [-0.3, -0.25) is 9.48 Å². The zero-order chi connectivity index (χ0) is 24.9. The van der Waals surface area contributed by atoms with Gasteiger partial charge in [0.15, 0.2) is 0 Å². The van der Waals surface area contributed by atoms with E-state index in [1.807, 2.05) is 103 Å². The number of amides is 1. The predicted molar refractivity (Wildman–Crippen MR) is 140 cm³/mol. The van der Waals surface area contributed by atoms with Crippen molar-refractivity contribution in [3.63, 3.8) is 0 Å². The Morgan fingerprint density at radius 3 is 2.11 bits per heavy atom. The lowest BCUT2D eigenvalue weighted by molar-refractivity contribution is -0.139. The quantitative estimate of drug-likeness (QED) is 0.324. The molecule has 4 aromatic carbocycles. The van der Waals surface area contributed by atoms with Gasteiger partial charge in [0.25, 0.3) is 5.91 Å². The number of nitrogens with one attached hydrogen (secondary N) is 1. The largest absolute Gasteiger partial charge is 0.480 e. The van der Waals surface area contributed by atoms with Crippen LogP contribution in [0.5, 0.6) is 0 Å². The molecule has 6 nitrogen and oxygen atoms in total. The van der Waals surface area contributed by atoms with Crippen molar-refractivity contribution in [2.45, 2.75) is 19.0 Å². The van der Waals surface area contributed by atoms with Crippen LogP contribution in [-0.4, -0.2) is 32.8 Å². The van der Waals surface area contributed by atoms with Crippen molar-refractivity contribution in [3.8, 4) is 11.3 Å². The van der Waals surface area contributed by atoms with Crippen LogP contribution in [-0.2, 0) is 17.8 Å². The second-order valence-corrected chi connectivity index (χ2v) is 8.67. The maximum Gasteiger partial charge on any atom is 0.326 e. The van der Waals surface area contributed by atoms with E-state index < -0.39 is 17.9 Å². The fraction of sp³-hybridized carbons (Fsp3) is 0.100. The molecule has 0 fully saturated rings. The van der Waals surface area contributed by atoms with E-state index in [-0.39, 0.29) is 6.42 Å². The van der Waals surface area contributed by atoms with Crippen LogP contribution in [0.1, 0.15) is 21.6 Å². The molecular formula is C30H25N3O3. The minimum Gasteiger partial charge on any atom is -0.480 e. The molecule has 6 heteroatoms. The second kappa shape index (κ2) is 10.3. The van der Waals surface area contributed by atoms with E-state index >= 15 is 0 Å². The van der Waals surface area contributed by atoms with Gasteiger partial charge in [0.05, 0.1) is 12.2 Å². The van der Waals surface area contributed by atoms with E-state index in [1.54, 1.807) is 10.7 Å². The molecule has 0 aliphatic heterocycles. The predicted octanol–water partition coefficient (Wildman–Crippen LogP) is 5.18. The van der Waals surface area contributed by atoms with Crippen molar-refractivity contribution in [1.82, 2.24) is 15.1 Å². The highest BCUT2D eigenvalue weighted by atomic mass is 16.4. The van der Waals surface area contributed by atoms with E-state index in [0.29, 0.717) is 17.9 Å². The number of aliphatic carboxylic acids is 1. The summed E-state index contributed by atoms with van der Waals surface area (Å²) in [7, 11) is 0. The Bertz CT molecular complexity index is 1510. The van der Waals surface area contributed by atoms with Crippen molar-refractivity contribution in [2.75, 3.05) is 0 Å². The van der Waals surface area contributed by atoms with Crippen LogP contribution < -0.4 is 5.32 Å². The number of carbonyl (C=O) groups is 2. The molecule has 0 bridgehead atoms. The molecule has 0 unspecified atom stereocenters. The molecule has 36 heavy (non-hydrogen) atoms. The lowest BCUT2D eigenvalue weighted by Gasteiger charge is -2.15. The number of fused-ring (bicyclic) bond motifs is 1. The van der Waals surface area contributed by atoms with Gasteiger partial charge in [0.1, 0.15) is 11.7 Å². The Kier molecular flexibility index (Phi) is 6.58. The summed E-state index contributed by atoms with van der Waals surface area (Å²) in [6.45, 7) is 0.383. The molecule has 1 atom stereocenters.